The van der Waals surface area contributed by atoms with Crippen LogP contribution in [0.4, 0.5) is 10.6 Å². The normalized spacial score (nSPS) is 21.4. The largest absolute Gasteiger partial charge is 0.323 e. The molecule has 1 saturated heterocycles. The molecule has 6 nitrogen and oxygen atoms in total. The molecular formula is C16H23N5O. The fourth-order valence-electron chi connectivity index (χ4n) is 3.41. The molecule has 1 aromatic heterocycles. The highest BCUT2D eigenvalue weighted by Crippen LogP contribution is 2.37. The van der Waals surface area contributed by atoms with Gasteiger partial charge in [0.1, 0.15) is 0 Å². The van der Waals surface area contributed by atoms with E-state index in [9.17, 15) is 4.79 Å². The molecule has 1 aliphatic heterocycles. The maximum absolute atomic E-state index is 12.5. The Morgan fingerprint density at radius 2 is 2.27 bits per heavy atom. The molecule has 1 saturated carbocycles. The zero-order chi connectivity index (χ0) is 15.4. The number of carbonyl (C=O) groups excluding carboxylic acids is 1. The van der Waals surface area contributed by atoms with Crippen molar-refractivity contribution in [1.29, 1.82) is 5.26 Å². The lowest BCUT2D eigenvalue weighted by Gasteiger charge is -2.36. The topological polar surface area (TPSA) is 74.0 Å². The number of unbranched alkanes of at least 4 members (excludes halogenated alkanes) is 1. The number of hydrogen-bond donors (Lipinski definition) is 1. The summed E-state index contributed by atoms with van der Waals surface area (Å²) in [6, 6.07) is 4.35. The van der Waals surface area contributed by atoms with E-state index in [1.807, 2.05) is 17.2 Å². The number of urea groups is 1. The molecule has 6 heteroatoms. The van der Waals surface area contributed by atoms with E-state index >= 15 is 0 Å². The van der Waals surface area contributed by atoms with Gasteiger partial charge in [-0.25, -0.2) is 4.79 Å². The van der Waals surface area contributed by atoms with Gasteiger partial charge < -0.3 is 4.90 Å². The number of amides is 2. The van der Waals surface area contributed by atoms with Crippen molar-refractivity contribution in [1.82, 2.24) is 14.7 Å². The van der Waals surface area contributed by atoms with Gasteiger partial charge in [0.2, 0.25) is 0 Å². The number of likely N-dealkylation sites (tertiary alicyclic amines) is 1. The van der Waals surface area contributed by atoms with Crippen molar-refractivity contribution in [2.45, 2.75) is 57.5 Å². The molecule has 1 atom stereocenters. The summed E-state index contributed by atoms with van der Waals surface area (Å²) < 4.78 is 1.78. The van der Waals surface area contributed by atoms with Crippen LogP contribution in [0.5, 0.6) is 0 Å². The smallest absolute Gasteiger partial charge is 0.321 e. The SMILES string of the molecule is N#CCCCn1ccc(NC(=O)N2CCC[C@@H]2C2CCC2)n1. The minimum atomic E-state index is -0.0170. The quantitative estimate of drug-likeness (QED) is 0.850. The number of rotatable bonds is 5. The third kappa shape index (κ3) is 3.24. The lowest BCUT2D eigenvalue weighted by atomic mass is 9.79. The van der Waals surface area contributed by atoms with Crippen molar-refractivity contribution in [2.24, 2.45) is 5.92 Å². The van der Waals surface area contributed by atoms with Gasteiger partial charge in [0.25, 0.3) is 0 Å². The maximum Gasteiger partial charge on any atom is 0.323 e. The summed E-state index contributed by atoms with van der Waals surface area (Å²) in [5.41, 5.74) is 0. The summed E-state index contributed by atoms with van der Waals surface area (Å²) in [4.78, 5) is 14.5. The molecule has 118 valence electrons. The van der Waals surface area contributed by atoms with Gasteiger partial charge in [-0.05, 0) is 38.0 Å². The number of aryl methyl sites for hydroxylation is 1. The first-order valence-corrected chi connectivity index (χ1v) is 8.26. The Bertz CT molecular complexity index is 557. The van der Waals surface area contributed by atoms with Gasteiger partial charge >= 0.3 is 6.03 Å². The molecule has 1 aliphatic carbocycles. The van der Waals surface area contributed by atoms with E-state index in [2.05, 4.69) is 16.5 Å². The van der Waals surface area contributed by atoms with Crippen molar-refractivity contribution in [3.63, 3.8) is 0 Å². The maximum atomic E-state index is 12.5. The van der Waals surface area contributed by atoms with E-state index in [1.165, 1.54) is 19.3 Å². The van der Waals surface area contributed by atoms with Crippen LogP contribution in [0.3, 0.4) is 0 Å². The highest BCUT2D eigenvalue weighted by molar-refractivity contribution is 5.88. The van der Waals surface area contributed by atoms with Gasteiger partial charge in [-0.3, -0.25) is 10.00 Å². The van der Waals surface area contributed by atoms with Crippen molar-refractivity contribution in [2.75, 3.05) is 11.9 Å². The standard InChI is InChI=1S/C16H23N5O/c17-9-1-2-10-20-12-8-15(19-20)18-16(22)21-11-4-7-14(21)13-5-3-6-13/h8,12-14H,1-7,10-11H2,(H,18,19,22)/t14-/m1/s1. The predicted octanol–water partition coefficient (Wildman–Crippen LogP) is 2.98. The lowest BCUT2D eigenvalue weighted by molar-refractivity contribution is 0.147. The Morgan fingerprint density at radius 3 is 3.00 bits per heavy atom. The molecule has 0 aromatic carbocycles. The van der Waals surface area contributed by atoms with E-state index in [1.54, 1.807) is 4.68 Å². The minimum absolute atomic E-state index is 0.0170. The summed E-state index contributed by atoms with van der Waals surface area (Å²) in [7, 11) is 0. The van der Waals surface area contributed by atoms with Crippen LogP contribution in [0.2, 0.25) is 0 Å². The van der Waals surface area contributed by atoms with Crippen LogP contribution >= 0.6 is 0 Å². The fourth-order valence-corrected chi connectivity index (χ4v) is 3.41. The van der Waals surface area contributed by atoms with E-state index in [4.69, 9.17) is 5.26 Å². The van der Waals surface area contributed by atoms with Crippen molar-refractivity contribution in [3.05, 3.63) is 12.3 Å². The van der Waals surface area contributed by atoms with Gasteiger partial charge in [-0.2, -0.15) is 10.4 Å². The number of aromatic nitrogens is 2. The molecule has 1 aromatic rings. The first-order chi connectivity index (χ1) is 10.8. The zero-order valence-electron chi connectivity index (χ0n) is 12.9. The molecule has 0 spiro atoms. The van der Waals surface area contributed by atoms with Crippen LogP contribution in [0.15, 0.2) is 12.3 Å². The Labute approximate surface area is 131 Å². The summed E-state index contributed by atoms with van der Waals surface area (Å²) in [6.45, 7) is 1.56. The minimum Gasteiger partial charge on any atom is -0.321 e. The Kier molecular flexibility index (Phi) is 4.62. The molecule has 0 radical (unpaired) electrons. The Hall–Kier alpha value is -2.03. The second-order valence-corrected chi connectivity index (χ2v) is 6.25. The average molecular weight is 301 g/mol. The van der Waals surface area contributed by atoms with E-state index in [0.717, 1.165) is 25.8 Å². The zero-order valence-corrected chi connectivity index (χ0v) is 12.9. The second kappa shape index (κ2) is 6.82. The lowest BCUT2D eigenvalue weighted by Crippen LogP contribution is -2.44. The van der Waals surface area contributed by atoms with Gasteiger partial charge in [0, 0.05) is 37.8 Å². The first-order valence-electron chi connectivity index (χ1n) is 8.26. The van der Waals surface area contributed by atoms with E-state index in [-0.39, 0.29) is 6.03 Å². The molecule has 0 unspecified atom stereocenters. The summed E-state index contributed by atoms with van der Waals surface area (Å²) in [6.07, 6.45) is 9.24. The third-order valence-corrected chi connectivity index (χ3v) is 4.81. The number of carbonyl (C=O) groups is 1. The Morgan fingerprint density at radius 1 is 1.41 bits per heavy atom. The van der Waals surface area contributed by atoms with Crippen LogP contribution in [-0.4, -0.2) is 33.3 Å². The predicted molar refractivity (Wildman–Crippen MR) is 83.2 cm³/mol. The van der Waals surface area contributed by atoms with Gasteiger partial charge in [0.05, 0.1) is 6.07 Å². The third-order valence-electron chi connectivity index (χ3n) is 4.81. The van der Waals surface area contributed by atoms with Gasteiger partial charge in [-0.1, -0.05) is 6.42 Å². The monoisotopic (exact) mass is 301 g/mol. The molecule has 2 heterocycles. The highest BCUT2D eigenvalue weighted by Gasteiger charge is 2.37. The van der Waals surface area contributed by atoms with Crippen molar-refractivity contribution >= 4 is 11.8 Å². The fraction of sp³-hybridized carbons (Fsp3) is 0.688. The van der Waals surface area contributed by atoms with Crippen LogP contribution in [0.25, 0.3) is 0 Å². The molecule has 0 bridgehead atoms. The van der Waals surface area contributed by atoms with E-state index in [0.29, 0.717) is 30.7 Å². The average Bonchev–Trinajstić information content (AvgIpc) is 3.07. The molecule has 2 aliphatic rings. The van der Waals surface area contributed by atoms with Crippen LogP contribution in [-0.2, 0) is 6.54 Å². The Balaban J connectivity index is 1.53. The van der Waals surface area contributed by atoms with Crippen molar-refractivity contribution < 1.29 is 4.79 Å². The number of hydrogen-bond acceptors (Lipinski definition) is 3. The van der Waals surface area contributed by atoms with Crippen molar-refractivity contribution in [3.8, 4) is 6.07 Å². The highest BCUT2D eigenvalue weighted by atomic mass is 16.2. The first kappa shape index (κ1) is 14.9. The number of nitrogens with zero attached hydrogens (tertiary/aromatic N) is 4. The summed E-state index contributed by atoms with van der Waals surface area (Å²) >= 11 is 0. The number of anilines is 1. The van der Waals surface area contributed by atoms with Gasteiger partial charge in [-0.15, -0.1) is 0 Å². The molecule has 1 N–H and O–H groups in total. The molecular weight excluding hydrogens is 278 g/mol. The van der Waals surface area contributed by atoms with Gasteiger partial charge in [0.15, 0.2) is 5.82 Å². The molecule has 22 heavy (non-hydrogen) atoms. The van der Waals surface area contributed by atoms with E-state index < -0.39 is 0 Å². The number of nitriles is 1. The summed E-state index contributed by atoms with van der Waals surface area (Å²) in [5.74, 6) is 1.30. The second-order valence-electron chi connectivity index (χ2n) is 6.25. The summed E-state index contributed by atoms with van der Waals surface area (Å²) in [5, 5.41) is 15.8. The molecule has 2 fully saturated rings. The van der Waals surface area contributed by atoms with Crippen LogP contribution in [0, 0.1) is 17.2 Å². The number of nitrogens with one attached hydrogen (secondary N) is 1. The van der Waals surface area contributed by atoms with Crippen LogP contribution < -0.4 is 5.32 Å². The molecule has 3 rings (SSSR count). The van der Waals surface area contributed by atoms with Crippen LogP contribution in [0.1, 0.15) is 44.9 Å². The molecule has 2 amide bonds.